The fraction of sp³-hybridized carbons (Fsp3) is 0.350. The molecule has 0 aromatic carbocycles. The first kappa shape index (κ1) is 25.6. The third kappa shape index (κ3) is 5.20. The number of hydrogen-bond acceptors (Lipinski definition) is 12. The third-order valence-electron chi connectivity index (χ3n) is 5.39. The van der Waals surface area contributed by atoms with Gasteiger partial charge >= 0.3 is 5.97 Å². The summed E-state index contributed by atoms with van der Waals surface area (Å²) in [6.45, 7) is 1.68. The molecule has 36 heavy (non-hydrogen) atoms. The molecular formula is C20H21N7O7S2. The number of fused-ring (bicyclic) bond motifs is 1. The fourth-order valence-corrected chi connectivity index (χ4v) is 5.26. The van der Waals surface area contributed by atoms with Gasteiger partial charge in [-0.2, -0.15) is 0 Å². The largest absolute Gasteiger partial charge is 0.545 e. The lowest BCUT2D eigenvalue weighted by Crippen LogP contribution is -2.70. The predicted molar refractivity (Wildman–Crippen MR) is 126 cm³/mol. The van der Waals surface area contributed by atoms with Gasteiger partial charge in [-0.05, 0) is 18.9 Å². The summed E-state index contributed by atoms with van der Waals surface area (Å²) in [6, 6.07) is 2.00. The summed E-state index contributed by atoms with van der Waals surface area (Å²) in [6.07, 6.45) is 3.58. The number of oxime groups is 1. The van der Waals surface area contributed by atoms with Crippen molar-refractivity contribution in [1.29, 1.82) is 0 Å². The number of β-lactam (4-membered cyclic amide) rings is 1. The van der Waals surface area contributed by atoms with E-state index in [-0.39, 0.29) is 16.8 Å². The topological polar surface area (TPSA) is 203 Å². The molecule has 4 heterocycles. The van der Waals surface area contributed by atoms with Crippen molar-refractivity contribution in [3.63, 3.8) is 0 Å². The molecule has 1 saturated heterocycles. The van der Waals surface area contributed by atoms with E-state index in [0.29, 0.717) is 12.3 Å². The fourth-order valence-electron chi connectivity index (χ4n) is 3.41. The van der Waals surface area contributed by atoms with E-state index in [4.69, 9.17) is 15.7 Å². The second-order valence-electron chi connectivity index (χ2n) is 7.98. The molecule has 16 heteroatoms. The van der Waals surface area contributed by atoms with E-state index in [1.165, 1.54) is 41.3 Å². The van der Waals surface area contributed by atoms with Crippen molar-refractivity contribution in [1.82, 2.24) is 14.9 Å². The highest BCUT2D eigenvalue weighted by Gasteiger charge is 2.51. The second-order valence-corrected chi connectivity index (χ2v) is 9.73. The molecule has 0 saturated carbocycles. The number of aromatic nitrogens is 1. The van der Waals surface area contributed by atoms with E-state index < -0.39 is 41.5 Å². The number of nitrogens with zero attached hydrogens (tertiary/aromatic N) is 4. The van der Waals surface area contributed by atoms with Crippen molar-refractivity contribution in [2.45, 2.75) is 36.8 Å². The molecule has 4 atom stereocenters. The van der Waals surface area contributed by atoms with E-state index in [1.807, 2.05) is 0 Å². The van der Waals surface area contributed by atoms with E-state index in [2.05, 4.69) is 20.2 Å². The molecule has 1 aromatic rings. The van der Waals surface area contributed by atoms with Gasteiger partial charge in [-0.15, -0.1) is 11.8 Å². The van der Waals surface area contributed by atoms with Gasteiger partial charge in [0.2, 0.25) is 17.6 Å². The summed E-state index contributed by atoms with van der Waals surface area (Å²) >= 11 is 2.45. The predicted octanol–water partition coefficient (Wildman–Crippen LogP) is -2.64. The average molecular weight is 536 g/mol. The SMILES string of the molecule is CC(O/N=C(\C(=O)NC1C(=O)N2C=C(C[n+]3ccc(C(=O)[O-])cc3)CS[C@H]12)C1(N)N=CSN1)C(=O)O. The number of carbonyl (C=O) groups excluding carboxylic acids is 3. The van der Waals surface area contributed by atoms with Gasteiger partial charge in [0.1, 0.15) is 11.4 Å². The number of carbonyl (C=O) groups is 4. The first-order valence-electron chi connectivity index (χ1n) is 10.5. The van der Waals surface area contributed by atoms with Crippen LogP contribution in [-0.4, -0.2) is 74.1 Å². The molecule has 3 aliphatic rings. The van der Waals surface area contributed by atoms with Gasteiger partial charge in [0.25, 0.3) is 11.8 Å². The zero-order valence-corrected chi connectivity index (χ0v) is 20.3. The third-order valence-corrected chi connectivity index (χ3v) is 7.41. The number of pyridine rings is 1. The number of carboxylic acid groups (broad SMARTS) is 2. The molecule has 190 valence electrons. The van der Waals surface area contributed by atoms with Gasteiger partial charge in [0.05, 0.1) is 11.5 Å². The Hall–Kier alpha value is -3.47. The molecule has 3 aliphatic heterocycles. The maximum absolute atomic E-state index is 13.0. The smallest absolute Gasteiger partial charge is 0.347 e. The number of thioether (sulfide) groups is 1. The number of carboxylic acids is 2. The van der Waals surface area contributed by atoms with Crippen LogP contribution in [0, 0.1) is 0 Å². The molecule has 4 rings (SSSR count). The Morgan fingerprint density at radius 2 is 2.19 bits per heavy atom. The summed E-state index contributed by atoms with van der Waals surface area (Å²) in [5.41, 5.74) is 7.99. The van der Waals surface area contributed by atoms with Crippen molar-refractivity contribution < 1.29 is 38.8 Å². The summed E-state index contributed by atoms with van der Waals surface area (Å²) in [4.78, 5) is 58.1. The highest BCUT2D eigenvalue weighted by Crippen LogP contribution is 2.36. The van der Waals surface area contributed by atoms with Gasteiger partial charge in [0, 0.05) is 35.2 Å². The van der Waals surface area contributed by atoms with E-state index in [9.17, 15) is 24.3 Å². The van der Waals surface area contributed by atoms with Crippen molar-refractivity contribution in [3.8, 4) is 0 Å². The van der Waals surface area contributed by atoms with Crippen LogP contribution in [0.3, 0.4) is 0 Å². The van der Waals surface area contributed by atoms with Crippen molar-refractivity contribution in [3.05, 3.63) is 41.9 Å². The number of aliphatic carboxylic acids is 1. The number of hydrogen-bond donors (Lipinski definition) is 4. The van der Waals surface area contributed by atoms with E-state index in [0.717, 1.165) is 17.5 Å². The molecule has 14 nitrogen and oxygen atoms in total. The Morgan fingerprint density at radius 1 is 1.47 bits per heavy atom. The lowest BCUT2D eigenvalue weighted by molar-refractivity contribution is -0.689. The standard InChI is InChI=1S/C20H21N7O7S2/c1-10(18(30)31)34-24-14(20(21)22-9-36-25-20)15(28)23-13-16(29)27-7-11(8-35-17(13)27)6-26-4-2-12(3-5-26)19(32)33/h2-5,7,9-10,13,17,25H,6,8,21H2,1H3,(H2-,23,28,30,31,32,33)/b24-14+/t10?,13?,17-,20?/m1/s1. The van der Waals surface area contributed by atoms with Crippen LogP contribution in [0.15, 0.2) is 46.4 Å². The molecule has 0 spiro atoms. The Balaban J connectivity index is 1.42. The number of nitrogens with two attached hydrogens (primary N) is 1. The minimum Gasteiger partial charge on any atom is -0.545 e. The Labute approximate surface area is 212 Å². The van der Waals surface area contributed by atoms with Crippen molar-refractivity contribution in [2.75, 3.05) is 5.75 Å². The number of nitrogens with one attached hydrogen (secondary N) is 2. The first-order chi connectivity index (χ1) is 17.1. The molecule has 0 bridgehead atoms. The number of aromatic carboxylic acids is 1. The van der Waals surface area contributed by atoms with Crippen LogP contribution < -0.4 is 25.4 Å². The summed E-state index contributed by atoms with van der Waals surface area (Å²) < 4.78 is 4.46. The molecule has 1 fully saturated rings. The second kappa shape index (κ2) is 10.3. The summed E-state index contributed by atoms with van der Waals surface area (Å²) in [5.74, 6) is -4.93. The van der Waals surface area contributed by atoms with Crippen LogP contribution in [-0.2, 0) is 25.8 Å². The van der Waals surface area contributed by atoms with Gasteiger partial charge in [0.15, 0.2) is 18.9 Å². The Morgan fingerprint density at radius 3 is 2.81 bits per heavy atom. The number of rotatable bonds is 9. The van der Waals surface area contributed by atoms with E-state index in [1.54, 1.807) is 23.2 Å². The van der Waals surface area contributed by atoms with Crippen LogP contribution in [0.25, 0.3) is 0 Å². The molecule has 1 aromatic heterocycles. The van der Waals surface area contributed by atoms with Crippen LogP contribution in [0.1, 0.15) is 17.3 Å². The number of aliphatic imine (C=N–C) groups is 1. The lowest BCUT2D eigenvalue weighted by atomic mass is 10.1. The van der Waals surface area contributed by atoms with Crippen molar-refractivity contribution >= 4 is 58.7 Å². The Bertz CT molecular complexity index is 1190. The van der Waals surface area contributed by atoms with Crippen LogP contribution in [0.2, 0.25) is 0 Å². The lowest BCUT2D eigenvalue weighted by Gasteiger charge is -2.47. The minimum atomic E-state index is -1.77. The van der Waals surface area contributed by atoms with Crippen molar-refractivity contribution in [2.24, 2.45) is 15.9 Å². The first-order valence-corrected chi connectivity index (χ1v) is 12.4. The quantitative estimate of drug-likeness (QED) is 0.0846. The molecule has 2 amide bonds. The molecule has 5 N–H and O–H groups in total. The normalized spacial score (nSPS) is 25.9. The average Bonchev–Trinajstić information content (AvgIpc) is 3.29. The van der Waals surface area contributed by atoms with Crippen LogP contribution >= 0.6 is 23.7 Å². The molecule has 3 unspecified atom stereocenters. The molecule has 0 radical (unpaired) electrons. The molecule has 0 aliphatic carbocycles. The highest BCUT2D eigenvalue weighted by molar-refractivity contribution is 8.10. The summed E-state index contributed by atoms with van der Waals surface area (Å²) in [5, 5.41) is 25.8. The zero-order chi connectivity index (χ0) is 26.0. The Kier molecular flexibility index (Phi) is 7.30. The zero-order valence-electron chi connectivity index (χ0n) is 18.7. The monoisotopic (exact) mass is 535 g/mol. The van der Waals surface area contributed by atoms with Gasteiger partial charge in [-0.3, -0.25) is 15.3 Å². The maximum Gasteiger partial charge on any atom is 0.347 e. The van der Waals surface area contributed by atoms with Gasteiger partial charge in [-0.25, -0.2) is 19.1 Å². The van der Waals surface area contributed by atoms with Crippen LogP contribution in [0.5, 0.6) is 0 Å². The summed E-state index contributed by atoms with van der Waals surface area (Å²) in [7, 11) is 0. The van der Waals surface area contributed by atoms with Gasteiger partial charge in [-0.1, -0.05) is 5.16 Å². The van der Waals surface area contributed by atoms with E-state index >= 15 is 0 Å². The maximum atomic E-state index is 13.0. The highest BCUT2D eigenvalue weighted by atomic mass is 32.2. The molecular weight excluding hydrogens is 514 g/mol. The minimum absolute atomic E-state index is 0.0666. The van der Waals surface area contributed by atoms with Gasteiger partial charge < -0.3 is 30.1 Å². The van der Waals surface area contributed by atoms with Crippen LogP contribution in [0.4, 0.5) is 0 Å². The number of amides is 2.